The second kappa shape index (κ2) is 9.46. The highest BCUT2D eigenvalue weighted by atomic mass is 32.2. The number of sulfone groups is 1. The van der Waals surface area contributed by atoms with Gasteiger partial charge in [-0.1, -0.05) is 35.6 Å². The summed E-state index contributed by atoms with van der Waals surface area (Å²) in [6.07, 6.45) is 2.30. The third kappa shape index (κ3) is 5.31. The van der Waals surface area contributed by atoms with Gasteiger partial charge in [0.15, 0.2) is 15.0 Å². The summed E-state index contributed by atoms with van der Waals surface area (Å²) < 4.78 is 31.8. The lowest BCUT2D eigenvalue weighted by Gasteiger charge is -2.23. The number of rotatable bonds is 8. The maximum absolute atomic E-state index is 13.1. The molecule has 1 amide bonds. The van der Waals surface area contributed by atoms with Crippen molar-refractivity contribution in [2.75, 3.05) is 23.8 Å². The van der Waals surface area contributed by atoms with Crippen LogP contribution in [0.15, 0.2) is 53.4 Å². The Bertz CT molecular complexity index is 1150. The molecule has 1 aliphatic heterocycles. The first-order chi connectivity index (χ1) is 14.9. The number of aryl methyl sites for hydroxylation is 1. The maximum Gasteiger partial charge on any atom is 0.228 e. The predicted octanol–water partition coefficient (Wildman–Crippen LogP) is 4.37. The maximum atomic E-state index is 13.1. The summed E-state index contributed by atoms with van der Waals surface area (Å²) in [6, 6.07) is 14.4. The summed E-state index contributed by atoms with van der Waals surface area (Å²) in [5.41, 5.74) is 2.01. The van der Waals surface area contributed by atoms with E-state index in [1.165, 1.54) is 11.3 Å². The molecule has 8 heteroatoms. The molecule has 0 saturated carbocycles. The van der Waals surface area contributed by atoms with Crippen molar-refractivity contribution < 1.29 is 17.9 Å². The minimum Gasteiger partial charge on any atom is -0.376 e. The van der Waals surface area contributed by atoms with Crippen LogP contribution in [0.1, 0.15) is 31.2 Å². The molecule has 3 aromatic rings. The number of fused-ring (bicyclic) bond motifs is 1. The number of hydrogen-bond donors (Lipinski definition) is 0. The average molecular weight is 459 g/mol. The Labute approximate surface area is 186 Å². The van der Waals surface area contributed by atoms with Gasteiger partial charge >= 0.3 is 0 Å². The lowest BCUT2D eigenvalue weighted by Crippen LogP contribution is -2.37. The quantitative estimate of drug-likeness (QED) is 0.501. The zero-order valence-electron chi connectivity index (χ0n) is 17.5. The molecule has 0 bridgehead atoms. The fraction of sp³-hybridized carbons (Fsp3) is 0.391. The molecule has 1 saturated heterocycles. The van der Waals surface area contributed by atoms with Crippen molar-refractivity contribution in [3.63, 3.8) is 0 Å². The highest BCUT2D eigenvalue weighted by molar-refractivity contribution is 7.91. The summed E-state index contributed by atoms with van der Waals surface area (Å²) >= 11 is 1.49. The molecule has 2 aromatic carbocycles. The molecule has 1 aromatic heterocycles. The SMILES string of the molecule is Cc1ccc2nc(N(CC3CCCO3)C(=O)CCCS(=O)(=O)c3ccccc3)sc2c1. The standard InChI is InChI=1S/C23H26N2O4S2/c1-17-11-12-20-21(15-17)30-23(24-20)25(16-18-7-5-13-29-18)22(26)10-6-14-31(27,28)19-8-3-2-4-9-19/h2-4,8-9,11-12,15,18H,5-7,10,13-14,16H2,1H3. The van der Waals surface area contributed by atoms with Crippen molar-refractivity contribution in [3.05, 3.63) is 54.1 Å². The summed E-state index contributed by atoms with van der Waals surface area (Å²) in [5, 5.41) is 0.645. The lowest BCUT2D eigenvalue weighted by molar-refractivity contribution is -0.119. The monoisotopic (exact) mass is 458 g/mol. The largest absolute Gasteiger partial charge is 0.376 e. The highest BCUT2D eigenvalue weighted by Gasteiger charge is 2.26. The summed E-state index contributed by atoms with van der Waals surface area (Å²) in [4.78, 5) is 19.8. The first-order valence-electron chi connectivity index (χ1n) is 10.5. The van der Waals surface area contributed by atoms with Crippen molar-refractivity contribution in [3.8, 4) is 0 Å². The molecule has 6 nitrogen and oxygen atoms in total. The first kappa shape index (κ1) is 21.9. The van der Waals surface area contributed by atoms with Gasteiger partial charge in [-0.2, -0.15) is 0 Å². The Hall–Kier alpha value is -2.29. The molecule has 0 aliphatic carbocycles. The summed E-state index contributed by atoms with van der Waals surface area (Å²) in [7, 11) is -3.40. The van der Waals surface area contributed by atoms with E-state index < -0.39 is 9.84 Å². The Morgan fingerprint density at radius 3 is 2.77 bits per heavy atom. The molecular weight excluding hydrogens is 432 g/mol. The fourth-order valence-electron chi connectivity index (χ4n) is 3.71. The first-order valence-corrected chi connectivity index (χ1v) is 13.0. The molecule has 1 unspecified atom stereocenters. The molecule has 0 radical (unpaired) electrons. The molecule has 164 valence electrons. The lowest BCUT2D eigenvalue weighted by atomic mass is 10.2. The van der Waals surface area contributed by atoms with Gasteiger partial charge in [-0.05, 0) is 56.0 Å². The van der Waals surface area contributed by atoms with Gasteiger partial charge in [0.05, 0.1) is 33.5 Å². The molecule has 31 heavy (non-hydrogen) atoms. The van der Waals surface area contributed by atoms with Crippen molar-refractivity contribution >= 4 is 42.4 Å². The van der Waals surface area contributed by atoms with Gasteiger partial charge in [0.25, 0.3) is 0 Å². The van der Waals surface area contributed by atoms with Crippen LogP contribution in [0.3, 0.4) is 0 Å². The topological polar surface area (TPSA) is 76.6 Å². The van der Waals surface area contributed by atoms with Gasteiger partial charge in [0.2, 0.25) is 5.91 Å². The van der Waals surface area contributed by atoms with E-state index in [2.05, 4.69) is 11.1 Å². The number of ether oxygens (including phenoxy) is 1. The van der Waals surface area contributed by atoms with E-state index in [-0.39, 0.29) is 30.6 Å². The van der Waals surface area contributed by atoms with Gasteiger partial charge < -0.3 is 4.74 Å². The Morgan fingerprint density at radius 2 is 2.03 bits per heavy atom. The van der Waals surface area contributed by atoms with Gasteiger partial charge in [0, 0.05) is 13.0 Å². The minimum atomic E-state index is -3.40. The third-order valence-electron chi connectivity index (χ3n) is 5.38. The zero-order valence-corrected chi connectivity index (χ0v) is 19.1. The zero-order chi connectivity index (χ0) is 21.8. The van der Waals surface area contributed by atoms with Gasteiger partial charge in [-0.3, -0.25) is 9.69 Å². The van der Waals surface area contributed by atoms with Crippen LogP contribution in [0.4, 0.5) is 5.13 Å². The minimum absolute atomic E-state index is 0.00857. The highest BCUT2D eigenvalue weighted by Crippen LogP contribution is 2.31. The van der Waals surface area contributed by atoms with E-state index in [1.807, 2.05) is 19.1 Å². The number of hydrogen-bond acceptors (Lipinski definition) is 6. The average Bonchev–Trinajstić information content (AvgIpc) is 3.41. The van der Waals surface area contributed by atoms with Crippen LogP contribution < -0.4 is 4.90 Å². The van der Waals surface area contributed by atoms with Crippen LogP contribution in [-0.4, -0.2) is 44.3 Å². The molecule has 0 N–H and O–H groups in total. The van der Waals surface area contributed by atoms with E-state index in [0.29, 0.717) is 23.2 Å². The summed E-state index contributed by atoms with van der Waals surface area (Å²) in [6.45, 7) is 3.19. The van der Waals surface area contributed by atoms with Crippen LogP contribution in [-0.2, 0) is 19.4 Å². The Kier molecular flexibility index (Phi) is 6.69. The van der Waals surface area contributed by atoms with Crippen LogP contribution in [0.25, 0.3) is 10.2 Å². The molecule has 0 spiro atoms. The number of carbonyl (C=O) groups is 1. The van der Waals surface area contributed by atoms with E-state index in [1.54, 1.807) is 35.2 Å². The molecule has 1 aliphatic rings. The van der Waals surface area contributed by atoms with E-state index in [9.17, 15) is 13.2 Å². The van der Waals surface area contributed by atoms with Gasteiger partial charge in [0.1, 0.15) is 0 Å². The number of benzene rings is 2. The van der Waals surface area contributed by atoms with Crippen molar-refractivity contribution in [1.29, 1.82) is 0 Å². The van der Waals surface area contributed by atoms with Gasteiger partial charge in [-0.25, -0.2) is 13.4 Å². The molecule has 2 heterocycles. The van der Waals surface area contributed by atoms with Crippen molar-refractivity contribution in [2.24, 2.45) is 0 Å². The molecule has 1 fully saturated rings. The van der Waals surface area contributed by atoms with Crippen molar-refractivity contribution in [2.45, 2.75) is 43.6 Å². The van der Waals surface area contributed by atoms with Crippen LogP contribution >= 0.6 is 11.3 Å². The smallest absolute Gasteiger partial charge is 0.228 e. The number of nitrogens with zero attached hydrogens (tertiary/aromatic N) is 2. The molecule has 1 atom stereocenters. The van der Waals surface area contributed by atoms with Crippen LogP contribution in [0, 0.1) is 6.92 Å². The summed E-state index contributed by atoms with van der Waals surface area (Å²) in [5.74, 6) is -0.176. The van der Waals surface area contributed by atoms with E-state index in [0.717, 1.165) is 28.6 Å². The predicted molar refractivity (Wildman–Crippen MR) is 123 cm³/mol. The number of amides is 1. The number of thiazole rings is 1. The third-order valence-corrected chi connectivity index (χ3v) is 8.24. The Morgan fingerprint density at radius 1 is 1.23 bits per heavy atom. The molecule has 4 rings (SSSR count). The van der Waals surface area contributed by atoms with Crippen LogP contribution in [0.5, 0.6) is 0 Å². The number of aromatic nitrogens is 1. The number of anilines is 1. The van der Waals surface area contributed by atoms with Gasteiger partial charge in [-0.15, -0.1) is 0 Å². The number of carbonyl (C=O) groups excluding carboxylic acids is 1. The van der Waals surface area contributed by atoms with E-state index in [4.69, 9.17) is 4.74 Å². The van der Waals surface area contributed by atoms with Crippen LogP contribution in [0.2, 0.25) is 0 Å². The Balaban J connectivity index is 1.48. The van der Waals surface area contributed by atoms with E-state index >= 15 is 0 Å². The fourth-order valence-corrected chi connectivity index (χ4v) is 6.13. The second-order valence-corrected chi connectivity index (χ2v) is 11.0. The molecular formula is C23H26N2O4S2. The second-order valence-electron chi connectivity index (χ2n) is 7.84. The van der Waals surface area contributed by atoms with Crippen molar-refractivity contribution in [1.82, 2.24) is 4.98 Å². The normalized spacial score (nSPS) is 16.6.